The van der Waals surface area contributed by atoms with Crippen molar-refractivity contribution >= 4 is 23.5 Å². The van der Waals surface area contributed by atoms with E-state index in [1.54, 1.807) is 33.8 Å². The molecule has 5 atom stereocenters. The zero-order chi connectivity index (χ0) is 24.2. The SMILES string of the molecule is CC(C)C(=O)Nc1cc(COC(=O)C(C)C)ccc1O[C@@H]1O[C@H](C(=O)O)[C@@H](O)[C@H](O)[C@H]1O. The third kappa shape index (κ3) is 6.16. The molecule has 0 unspecified atom stereocenters. The molecule has 0 aliphatic carbocycles. The van der Waals surface area contributed by atoms with Crippen molar-refractivity contribution in [2.45, 2.75) is 65.0 Å². The molecule has 1 fully saturated rings. The summed E-state index contributed by atoms with van der Waals surface area (Å²) in [5.41, 5.74) is 0.694. The smallest absolute Gasteiger partial charge is 0.335 e. The van der Waals surface area contributed by atoms with E-state index in [1.165, 1.54) is 12.1 Å². The number of hydrogen-bond donors (Lipinski definition) is 5. The van der Waals surface area contributed by atoms with Crippen molar-refractivity contribution in [3.8, 4) is 5.75 Å². The van der Waals surface area contributed by atoms with E-state index in [-0.39, 0.29) is 35.8 Å². The molecule has 0 spiro atoms. The molecule has 0 bridgehead atoms. The van der Waals surface area contributed by atoms with Crippen LogP contribution >= 0.6 is 0 Å². The molecule has 1 aliphatic rings. The highest BCUT2D eigenvalue weighted by molar-refractivity contribution is 5.93. The zero-order valence-electron chi connectivity index (χ0n) is 18.2. The van der Waals surface area contributed by atoms with Crippen LogP contribution in [0.15, 0.2) is 18.2 Å². The van der Waals surface area contributed by atoms with Gasteiger partial charge in [-0.15, -0.1) is 0 Å². The molecule has 11 nitrogen and oxygen atoms in total. The predicted molar refractivity (Wildman–Crippen MR) is 109 cm³/mol. The van der Waals surface area contributed by atoms with E-state index in [2.05, 4.69) is 5.32 Å². The number of benzene rings is 1. The topological polar surface area (TPSA) is 172 Å². The Balaban J connectivity index is 2.29. The fourth-order valence-corrected chi connectivity index (χ4v) is 2.74. The summed E-state index contributed by atoms with van der Waals surface area (Å²) in [6.45, 7) is 6.68. The van der Waals surface area contributed by atoms with Gasteiger partial charge in [0.1, 0.15) is 30.7 Å². The van der Waals surface area contributed by atoms with Gasteiger partial charge in [0.2, 0.25) is 12.2 Å². The van der Waals surface area contributed by atoms with E-state index in [4.69, 9.17) is 14.2 Å². The fraction of sp³-hybridized carbons (Fsp3) is 0.571. The molecular formula is C21H29NO10. The molecule has 1 aromatic rings. The number of ether oxygens (including phenoxy) is 3. The number of aliphatic carboxylic acids is 1. The molecule has 2 rings (SSSR count). The second-order valence-electron chi connectivity index (χ2n) is 8.09. The van der Waals surface area contributed by atoms with Gasteiger partial charge in [0.25, 0.3) is 0 Å². The van der Waals surface area contributed by atoms with Crippen LogP contribution in [0.3, 0.4) is 0 Å². The van der Waals surface area contributed by atoms with Crippen molar-refractivity contribution < 1.29 is 49.0 Å². The normalized spacial score (nSPS) is 25.5. The Kier molecular flexibility index (Phi) is 8.56. The fourth-order valence-electron chi connectivity index (χ4n) is 2.74. The highest BCUT2D eigenvalue weighted by Gasteiger charge is 2.48. The first kappa shape index (κ1) is 25.5. The Labute approximate surface area is 184 Å². The van der Waals surface area contributed by atoms with Crippen molar-refractivity contribution in [3.05, 3.63) is 23.8 Å². The summed E-state index contributed by atoms with van der Waals surface area (Å²) in [4.78, 5) is 35.3. The maximum atomic E-state index is 12.2. The van der Waals surface area contributed by atoms with Gasteiger partial charge in [-0.3, -0.25) is 9.59 Å². The summed E-state index contributed by atoms with van der Waals surface area (Å²) in [5.74, 6) is -2.98. The van der Waals surface area contributed by atoms with Crippen LogP contribution in [0.25, 0.3) is 0 Å². The monoisotopic (exact) mass is 455 g/mol. The molecule has 0 radical (unpaired) electrons. The van der Waals surface area contributed by atoms with Crippen LogP contribution in [0, 0.1) is 11.8 Å². The number of amides is 1. The molecule has 32 heavy (non-hydrogen) atoms. The quantitative estimate of drug-likeness (QED) is 0.342. The molecule has 5 N–H and O–H groups in total. The van der Waals surface area contributed by atoms with E-state index < -0.39 is 42.6 Å². The molecule has 1 aliphatic heterocycles. The average molecular weight is 455 g/mol. The summed E-state index contributed by atoms with van der Waals surface area (Å²) in [5, 5.41) is 41.8. The van der Waals surface area contributed by atoms with Gasteiger partial charge in [-0.1, -0.05) is 33.8 Å². The lowest BCUT2D eigenvalue weighted by molar-refractivity contribution is -0.271. The molecule has 1 amide bonds. The van der Waals surface area contributed by atoms with Gasteiger partial charge in [0.05, 0.1) is 11.6 Å². The number of esters is 1. The second-order valence-corrected chi connectivity index (χ2v) is 8.09. The summed E-state index contributed by atoms with van der Waals surface area (Å²) in [7, 11) is 0. The van der Waals surface area contributed by atoms with Crippen molar-refractivity contribution in [2.75, 3.05) is 5.32 Å². The number of anilines is 1. The minimum absolute atomic E-state index is 0.00900. The van der Waals surface area contributed by atoms with Gasteiger partial charge in [-0.25, -0.2) is 4.79 Å². The molecule has 1 heterocycles. The Bertz CT molecular complexity index is 840. The highest BCUT2D eigenvalue weighted by atomic mass is 16.7. The predicted octanol–water partition coefficient (Wildman–Crippen LogP) is 0.251. The number of aliphatic hydroxyl groups is 3. The van der Waals surface area contributed by atoms with Gasteiger partial charge in [0, 0.05) is 5.92 Å². The lowest BCUT2D eigenvalue weighted by atomic mass is 9.99. The van der Waals surface area contributed by atoms with Crippen LogP contribution < -0.4 is 10.1 Å². The van der Waals surface area contributed by atoms with Gasteiger partial charge in [-0.05, 0) is 17.7 Å². The lowest BCUT2D eigenvalue weighted by Gasteiger charge is -2.38. The number of rotatable bonds is 8. The van der Waals surface area contributed by atoms with Crippen LogP contribution in [-0.4, -0.2) is 69.0 Å². The molecule has 178 valence electrons. The minimum Gasteiger partial charge on any atom is -0.479 e. The first-order chi connectivity index (χ1) is 14.9. The van der Waals surface area contributed by atoms with Crippen LogP contribution in [-0.2, 0) is 30.5 Å². The largest absolute Gasteiger partial charge is 0.479 e. The number of carbonyl (C=O) groups is 3. The van der Waals surface area contributed by atoms with Gasteiger partial charge >= 0.3 is 11.9 Å². The minimum atomic E-state index is -1.86. The van der Waals surface area contributed by atoms with Gasteiger partial charge in [-0.2, -0.15) is 0 Å². The maximum absolute atomic E-state index is 12.2. The molecule has 11 heteroatoms. The first-order valence-electron chi connectivity index (χ1n) is 10.1. The summed E-state index contributed by atoms with van der Waals surface area (Å²) in [6.07, 6.45) is -8.93. The van der Waals surface area contributed by atoms with Crippen LogP contribution in [0.2, 0.25) is 0 Å². The first-order valence-corrected chi connectivity index (χ1v) is 10.1. The third-order valence-electron chi connectivity index (χ3n) is 4.73. The number of hydrogen-bond acceptors (Lipinski definition) is 9. The standard InChI is InChI=1S/C21H29NO10/c1-9(2)18(26)22-12-7-11(8-30-20(29)10(3)4)5-6-13(12)31-21-16(25)14(23)15(24)17(32-21)19(27)28/h5-7,9-10,14-17,21,23-25H,8H2,1-4H3,(H,22,26)(H,27,28)/t14-,15-,16+,17-,21+/m0/s1. The van der Waals surface area contributed by atoms with Gasteiger partial charge < -0.3 is 40.0 Å². The molecule has 0 saturated carbocycles. The summed E-state index contributed by atoms with van der Waals surface area (Å²) in [6, 6.07) is 4.46. The molecule has 1 aromatic carbocycles. The lowest BCUT2D eigenvalue weighted by Crippen LogP contribution is -2.61. The highest BCUT2D eigenvalue weighted by Crippen LogP contribution is 2.31. The van der Waals surface area contributed by atoms with E-state index in [1.807, 2.05) is 0 Å². The Morgan fingerprint density at radius 2 is 1.69 bits per heavy atom. The summed E-state index contributed by atoms with van der Waals surface area (Å²) < 4.78 is 15.9. The number of carbonyl (C=O) groups excluding carboxylic acids is 2. The zero-order valence-corrected chi connectivity index (χ0v) is 18.2. The van der Waals surface area contributed by atoms with E-state index in [9.17, 15) is 34.8 Å². The molecular weight excluding hydrogens is 426 g/mol. The Morgan fingerprint density at radius 1 is 1.03 bits per heavy atom. The molecule has 1 saturated heterocycles. The maximum Gasteiger partial charge on any atom is 0.335 e. The second kappa shape index (κ2) is 10.7. The summed E-state index contributed by atoms with van der Waals surface area (Å²) >= 11 is 0. The molecule has 0 aromatic heterocycles. The number of carboxylic acids is 1. The van der Waals surface area contributed by atoms with Crippen molar-refractivity contribution in [3.63, 3.8) is 0 Å². The van der Waals surface area contributed by atoms with Crippen molar-refractivity contribution in [1.82, 2.24) is 0 Å². The number of aliphatic hydroxyl groups excluding tert-OH is 3. The van der Waals surface area contributed by atoms with E-state index >= 15 is 0 Å². The Morgan fingerprint density at radius 3 is 2.25 bits per heavy atom. The van der Waals surface area contributed by atoms with E-state index in [0.29, 0.717) is 5.56 Å². The van der Waals surface area contributed by atoms with Crippen LogP contribution in [0.4, 0.5) is 5.69 Å². The Hall–Kier alpha value is -2.73. The van der Waals surface area contributed by atoms with Gasteiger partial charge in [0.15, 0.2) is 6.10 Å². The van der Waals surface area contributed by atoms with Crippen molar-refractivity contribution in [1.29, 1.82) is 0 Å². The average Bonchev–Trinajstić information content (AvgIpc) is 2.73. The van der Waals surface area contributed by atoms with Crippen LogP contribution in [0.1, 0.15) is 33.3 Å². The van der Waals surface area contributed by atoms with Crippen molar-refractivity contribution in [2.24, 2.45) is 11.8 Å². The number of nitrogens with one attached hydrogen (secondary N) is 1. The van der Waals surface area contributed by atoms with E-state index in [0.717, 1.165) is 0 Å². The third-order valence-corrected chi connectivity index (χ3v) is 4.73. The number of carboxylic acid groups (broad SMARTS) is 1. The van der Waals surface area contributed by atoms with Crippen LogP contribution in [0.5, 0.6) is 5.75 Å².